The van der Waals surface area contributed by atoms with Crippen molar-refractivity contribution in [2.45, 2.75) is 23.3 Å². The molecular formula is C17H17BrFNO4S. The van der Waals surface area contributed by atoms with E-state index in [1.54, 1.807) is 18.2 Å². The Labute approximate surface area is 154 Å². The molecule has 0 aliphatic heterocycles. The van der Waals surface area contributed by atoms with Gasteiger partial charge in [0.05, 0.1) is 14.2 Å². The monoisotopic (exact) mass is 429 g/mol. The van der Waals surface area contributed by atoms with Crippen molar-refractivity contribution in [3.05, 3.63) is 52.3 Å². The number of hydrogen-bond donors (Lipinski definition) is 1. The van der Waals surface area contributed by atoms with Gasteiger partial charge in [0.1, 0.15) is 10.7 Å². The SMILES string of the molecule is COc1cc(Br)c(S(=O)(=O)N[C@@H]2C[C@H]2c2cccc(F)c2)cc1OC. The van der Waals surface area contributed by atoms with Gasteiger partial charge in [0.2, 0.25) is 10.0 Å². The van der Waals surface area contributed by atoms with E-state index in [0.717, 1.165) is 5.56 Å². The first-order valence-electron chi connectivity index (χ1n) is 7.55. The highest BCUT2D eigenvalue weighted by Crippen LogP contribution is 2.42. The van der Waals surface area contributed by atoms with E-state index in [-0.39, 0.29) is 22.7 Å². The van der Waals surface area contributed by atoms with Crippen LogP contribution in [0.5, 0.6) is 11.5 Å². The van der Waals surface area contributed by atoms with Gasteiger partial charge in [-0.15, -0.1) is 0 Å². The lowest BCUT2D eigenvalue weighted by Gasteiger charge is -2.13. The number of benzene rings is 2. The summed E-state index contributed by atoms with van der Waals surface area (Å²) in [4.78, 5) is 0.0649. The Morgan fingerprint density at radius 2 is 1.84 bits per heavy atom. The third kappa shape index (κ3) is 3.80. The molecule has 1 fully saturated rings. The maximum atomic E-state index is 13.3. The second-order valence-electron chi connectivity index (χ2n) is 5.76. The maximum Gasteiger partial charge on any atom is 0.242 e. The van der Waals surface area contributed by atoms with Crippen LogP contribution in [0.1, 0.15) is 17.9 Å². The zero-order valence-corrected chi connectivity index (χ0v) is 16.0. The summed E-state index contributed by atoms with van der Waals surface area (Å²) < 4.78 is 52.1. The summed E-state index contributed by atoms with van der Waals surface area (Å²) in [5.41, 5.74) is 0.791. The summed E-state index contributed by atoms with van der Waals surface area (Å²) in [5.74, 6) is 0.402. The Morgan fingerprint density at radius 3 is 2.48 bits per heavy atom. The Bertz CT molecular complexity index is 904. The molecule has 2 aromatic rings. The second kappa shape index (κ2) is 6.93. The minimum Gasteiger partial charge on any atom is -0.493 e. The van der Waals surface area contributed by atoms with Gasteiger partial charge in [-0.2, -0.15) is 0 Å². The van der Waals surface area contributed by atoms with Crippen LogP contribution in [0.4, 0.5) is 4.39 Å². The Kier molecular flexibility index (Phi) is 5.04. The molecule has 1 N–H and O–H groups in total. The third-order valence-electron chi connectivity index (χ3n) is 4.10. The van der Waals surface area contributed by atoms with E-state index in [4.69, 9.17) is 9.47 Å². The molecule has 2 aromatic carbocycles. The molecule has 0 spiro atoms. The highest BCUT2D eigenvalue weighted by atomic mass is 79.9. The molecule has 134 valence electrons. The minimum absolute atomic E-state index is 0.0237. The van der Waals surface area contributed by atoms with Crippen molar-refractivity contribution in [2.24, 2.45) is 0 Å². The highest BCUT2D eigenvalue weighted by molar-refractivity contribution is 9.10. The fourth-order valence-corrected chi connectivity index (χ4v) is 5.06. The van der Waals surface area contributed by atoms with Crippen LogP contribution in [0, 0.1) is 5.82 Å². The largest absolute Gasteiger partial charge is 0.493 e. The van der Waals surface area contributed by atoms with E-state index in [1.165, 1.54) is 32.4 Å². The van der Waals surface area contributed by atoms with Gasteiger partial charge in [0.15, 0.2) is 11.5 Å². The zero-order valence-electron chi connectivity index (χ0n) is 13.6. The van der Waals surface area contributed by atoms with Gasteiger partial charge in [0, 0.05) is 22.5 Å². The van der Waals surface area contributed by atoms with E-state index in [1.807, 2.05) is 0 Å². The van der Waals surface area contributed by atoms with E-state index >= 15 is 0 Å². The molecule has 0 bridgehead atoms. The van der Waals surface area contributed by atoms with Crippen LogP contribution < -0.4 is 14.2 Å². The molecule has 0 radical (unpaired) electrons. The molecule has 1 aliphatic carbocycles. The van der Waals surface area contributed by atoms with Crippen molar-refractivity contribution < 1.29 is 22.3 Å². The van der Waals surface area contributed by atoms with Gasteiger partial charge in [-0.25, -0.2) is 17.5 Å². The number of halogens is 2. The Morgan fingerprint density at radius 1 is 1.16 bits per heavy atom. The summed E-state index contributed by atoms with van der Waals surface area (Å²) in [6, 6.07) is 8.92. The zero-order chi connectivity index (χ0) is 18.2. The molecule has 8 heteroatoms. The number of methoxy groups -OCH3 is 2. The van der Waals surface area contributed by atoms with Gasteiger partial charge in [0.25, 0.3) is 0 Å². The normalized spacial score (nSPS) is 19.5. The van der Waals surface area contributed by atoms with Crippen molar-refractivity contribution in [1.29, 1.82) is 0 Å². The van der Waals surface area contributed by atoms with Crippen molar-refractivity contribution in [1.82, 2.24) is 4.72 Å². The van der Waals surface area contributed by atoms with Crippen LogP contribution in [-0.4, -0.2) is 28.7 Å². The summed E-state index contributed by atoms with van der Waals surface area (Å²) >= 11 is 3.26. The van der Waals surface area contributed by atoms with Gasteiger partial charge in [-0.3, -0.25) is 0 Å². The fourth-order valence-electron chi connectivity index (χ4n) is 2.74. The highest BCUT2D eigenvalue weighted by Gasteiger charge is 2.42. The standard InChI is InChI=1S/C17H17BrFNO4S/c1-23-15-8-13(18)17(9-16(15)24-2)25(21,22)20-14-7-12(14)10-4-3-5-11(19)6-10/h3-6,8-9,12,14,20H,7H2,1-2H3/t12-,14+/m0/s1. The van der Waals surface area contributed by atoms with Gasteiger partial charge < -0.3 is 9.47 Å². The summed E-state index contributed by atoms with van der Waals surface area (Å²) in [6.45, 7) is 0. The van der Waals surface area contributed by atoms with Crippen molar-refractivity contribution in [3.8, 4) is 11.5 Å². The number of ether oxygens (including phenoxy) is 2. The first-order valence-corrected chi connectivity index (χ1v) is 9.82. The van der Waals surface area contributed by atoms with Crippen LogP contribution in [0.15, 0.2) is 45.8 Å². The molecule has 0 heterocycles. The summed E-state index contributed by atoms with van der Waals surface area (Å²) in [7, 11) is -0.845. The number of rotatable bonds is 6. The van der Waals surface area contributed by atoms with E-state index < -0.39 is 10.0 Å². The maximum absolute atomic E-state index is 13.3. The lowest BCUT2D eigenvalue weighted by atomic mass is 10.1. The van der Waals surface area contributed by atoms with Crippen LogP contribution in [-0.2, 0) is 10.0 Å². The van der Waals surface area contributed by atoms with Crippen LogP contribution in [0.2, 0.25) is 0 Å². The van der Waals surface area contributed by atoms with Crippen molar-refractivity contribution >= 4 is 26.0 Å². The topological polar surface area (TPSA) is 64.6 Å². The lowest BCUT2D eigenvalue weighted by molar-refractivity contribution is 0.353. The quantitative estimate of drug-likeness (QED) is 0.763. The predicted octanol–water partition coefficient (Wildman–Crippen LogP) is 3.44. The number of sulfonamides is 1. The molecule has 0 saturated heterocycles. The fraction of sp³-hybridized carbons (Fsp3) is 0.294. The molecule has 3 rings (SSSR count). The second-order valence-corrected chi connectivity index (χ2v) is 8.30. The van der Waals surface area contributed by atoms with E-state index in [0.29, 0.717) is 22.4 Å². The lowest BCUT2D eigenvalue weighted by Crippen LogP contribution is -2.27. The van der Waals surface area contributed by atoms with Crippen LogP contribution >= 0.6 is 15.9 Å². The molecule has 2 atom stereocenters. The molecule has 0 amide bonds. The Balaban J connectivity index is 1.82. The molecule has 1 saturated carbocycles. The molecule has 1 aliphatic rings. The molecule has 0 aromatic heterocycles. The molecular weight excluding hydrogens is 413 g/mol. The van der Waals surface area contributed by atoms with Gasteiger partial charge >= 0.3 is 0 Å². The van der Waals surface area contributed by atoms with E-state index in [9.17, 15) is 12.8 Å². The van der Waals surface area contributed by atoms with Gasteiger partial charge in [-0.05, 0) is 46.1 Å². The molecule has 25 heavy (non-hydrogen) atoms. The average molecular weight is 430 g/mol. The summed E-state index contributed by atoms with van der Waals surface area (Å²) in [6.07, 6.45) is 0.633. The van der Waals surface area contributed by atoms with E-state index in [2.05, 4.69) is 20.7 Å². The van der Waals surface area contributed by atoms with Crippen LogP contribution in [0.3, 0.4) is 0 Å². The first kappa shape index (κ1) is 18.2. The average Bonchev–Trinajstić information content (AvgIpc) is 3.32. The third-order valence-corrected chi connectivity index (χ3v) is 6.55. The smallest absolute Gasteiger partial charge is 0.242 e. The van der Waals surface area contributed by atoms with Crippen molar-refractivity contribution in [3.63, 3.8) is 0 Å². The van der Waals surface area contributed by atoms with Crippen molar-refractivity contribution in [2.75, 3.05) is 14.2 Å². The predicted molar refractivity (Wildman–Crippen MR) is 95.1 cm³/mol. The molecule has 5 nitrogen and oxygen atoms in total. The first-order chi connectivity index (χ1) is 11.9. The number of nitrogens with one attached hydrogen (secondary N) is 1. The van der Waals surface area contributed by atoms with Gasteiger partial charge in [-0.1, -0.05) is 12.1 Å². The minimum atomic E-state index is -3.76. The van der Waals surface area contributed by atoms with Crippen LogP contribution in [0.25, 0.3) is 0 Å². The molecule has 0 unspecified atom stereocenters. The summed E-state index contributed by atoms with van der Waals surface area (Å²) in [5, 5.41) is 0. The number of hydrogen-bond acceptors (Lipinski definition) is 4. The Hall–Kier alpha value is -1.64.